The molecular formula is C12H15NO2S2. The Morgan fingerprint density at radius 3 is 3.00 bits per heavy atom. The summed E-state index contributed by atoms with van der Waals surface area (Å²) in [4.78, 5) is 1.43. The molecule has 0 spiro atoms. The summed E-state index contributed by atoms with van der Waals surface area (Å²) in [6.45, 7) is 1.40. The van der Waals surface area contributed by atoms with Gasteiger partial charge >= 0.3 is 0 Å². The summed E-state index contributed by atoms with van der Waals surface area (Å²) >= 11 is 6.71. The topological polar surface area (TPSA) is 44.5 Å². The van der Waals surface area contributed by atoms with Gasteiger partial charge in [0.2, 0.25) is 0 Å². The maximum Gasteiger partial charge on any atom is 0.131 e. The first-order valence-corrected chi connectivity index (χ1v) is 7.07. The molecule has 2 N–H and O–H groups in total. The van der Waals surface area contributed by atoms with E-state index in [1.54, 1.807) is 11.8 Å². The summed E-state index contributed by atoms with van der Waals surface area (Å²) < 4.78 is 11.2. The fraction of sp³-hybridized carbons (Fsp3) is 0.417. The molecule has 92 valence electrons. The van der Waals surface area contributed by atoms with Crippen molar-refractivity contribution in [2.75, 3.05) is 19.5 Å². The van der Waals surface area contributed by atoms with Crippen LogP contribution in [0.25, 0.3) is 0 Å². The third-order valence-electron chi connectivity index (χ3n) is 2.64. The van der Waals surface area contributed by atoms with Gasteiger partial charge < -0.3 is 15.2 Å². The van der Waals surface area contributed by atoms with Crippen molar-refractivity contribution in [3.8, 4) is 5.75 Å². The van der Waals surface area contributed by atoms with Crippen LogP contribution in [0.4, 0.5) is 0 Å². The Morgan fingerprint density at radius 2 is 2.41 bits per heavy atom. The van der Waals surface area contributed by atoms with E-state index in [1.165, 1.54) is 0 Å². The molecule has 0 radical (unpaired) electrons. The van der Waals surface area contributed by atoms with Crippen molar-refractivity contribution in [2.24, 2.45) is 5.73 Å². The van der Waals surface area contributed by atoms with Gasteiger partial charge in [-0.25, -0.2) is 0 Å². The van der Waals surface area contributed by atoms with Crippen LogP contribution in [-0.4, -0.2) is 30.6 Å². The summed E-state index contributed by atoms with van der Waals surface area (Å²) in [6.07, 6.45) is 3.03. The predicted molar refractivity (Wildman–Crippen MR) is 74.0 cm³/mol. The van der Waals surface area contributed by atoms with Gasteiger partial charge in [-0.1, -0.05) is 18.3 Å². The van der Waals surface area contributed by atoms with Crippen molar-refractivity contribution in [1.82, 2.24) is 0 Å². The van der Waals surface area contributed by atoms with Crippen molar-refractivity contribution in [2.45, 2.75) is 17.4 Å². The maximum atomic E-state index is 5.90. The van der Waals surface area contributed by atoms with Crippen LogP contribution in [0.3, 0.4) is 0 Å². The van der Waals surface area contributed by atoms with E-state index in [0.29, 0.717) is 11.6 Å². The van der Waals surface area contributed by atoms with E-state index in [9.17, 15) is 0 Å². The van der Waals surface area contributed by atoms with Crippen LogP contribution in [0.5, 0.6) is 5.75 Å². The van der Waals surface area contributed by atoms with Crippen molar-refractivity contribution in [3.63, 3.8) is 0 Å². The molecule has 2 rings (SSSR count). The minimum absolute atomic E-state index is 0.111. The van der Waals surface area contributed by atoms with Crippen LogP contribution >= 0.6 is 24.0 Å². The maximum absolute atomic E-state index is 5.90. The number of ether oxygens (including phenoxy) is 2. The van der Waals surface area contributed by atoms with Gasteiger partial charge in [0.15, 0.2) is 0 Å². The molecule has 17 heavy (non-hydrogen) atoms. The van der Waals surface area contributed by atoms with Gasteiger partial charge in [-0.3, -0.25) is 0 Å². The molecule has 1 heterocycles. The zero-order valence-corrected chi connectivity index (χ0v) is 11.3. The van der Waals surface area contributed by atoms with Gasteiger partial charge in [0.1, 0.15) is 16.8 Å². The fourth-order valence-electron chi connectivity index (χ4n) is 1.81. The number of rotatable bonds is 4. The van der Waals surface area contributed by atoms with Crippen LogP contribution in [0.15, 0.2) is 23.1 Å². The SMILES string of the molecule is CSc1cccc(OC2CCOC2)c1C(N)=S. The summed E-state index contributed by atoms with van der Waals surface area (Å²) in [6, 6.07) is 5.86. The Morgan fingerprint density at radius 1 is 1.59 bits per heavy atom. The molecule has 0 saturated carbocycles. The highest BCUT2D eigenvalue weighted by molar-refractivity contribution is 7.98. The van der Waals surface area contributed by atoms with Crippen molar-refractivity contribution in [1.29, 1.82) is 0 Å². The number of hydrogen-bond donors (Lipinski definition) is 1. The Bertz CT molecular complexity index is 417. The quantitative estimate of drug-likeness (QED) is 0.670. The first-order chi connectivity index (χ1) is 8.22. The van der Waals surface area contributed by atoms with Crippen LogP contribution < -0.4 is 10.5 Å². The molecule has 1 fully saturated rings. The highest BCUT2D eigenvalue weighted by atomic mass is 32.2. The summed E-state index contributed by atoms with van der Waals surface area (Å²) in [5, 5.41) is 0. The van der Waals surface area contributed by atoms with E-state index in [4.69, 9.17) is 27.4 Å². The molecule has 0 bridgehead atoms. The average Bonchev–Trinajstić information content (AvgIpc) is 2.81. The second-order valence-corrected chi connectivity index (χ2v) is 5.09. The predicted octanol–water partition coefficient (Wildman–Crippen LogP) is 2.21. The lowest BCUT2D eigenvalue weighted by Crippen LogP contribution is -2.19. The van der Waals surface area contributed by atoms with Crippen LogP contribution in [0.2, 0.25) is 0 Å². The third-order valence-corrected chi connectivity index (χ3v) is 3.62. The fourth-order valence-corrected chi connectivity index (χ4v) is 2.71. The van der Waals surface area contributed by atoms with E-state index in [1.807, 2.05) is 24.5 Å². The number of benzene rings is 1. The molecule has 0 amide bonds. The molecule has 1 atom stereocenters. The Hall–Kier alpha value is -0.780. The van der Waals surface area contributed by atoms with Gasteiger partial charge in [0.25, 0.3) is 0 Å². The number of hydrogen-bond acceptors (Lipinski definition) is 4. The van der Waals surface area contributed by atoms with E-state index >= 15 is 0 Å². The lowest BCUT2D eigenvalue weighted by atomic mass is 10.2. The standard InChI is InChI=1S/C12H15NO2S2/c1-17-10-4-2-3-9(11(10)12(13)16)15-8-5-6-14-7-8/h2-4,8H,5-7H2,1H3,(H2,13,16). The van der Waals surface area contributed by atoms with Gasteiger partial charge in [-0.2, -0.15) is 0 Å². The zero-order valence-electron chi connectivity index (χ0n) is 9.64. The molecule has 1 aliphatic rings. The molecule has 1 saturated heterocycles. The van der Waals surface area contributed by atoms with Gasteiger partial charge in [0.05, 0.1) is 18.8 Å². The molecule has 1 unspecified atom stereocenters. The number of nitrogens with two attached hydrogens (primary N) is 1. The van der Waals surface area contributed by atoms with E-state index in [-0.39, 0.29) is 6.10 Å². The smallest absolute Gasteiger partial charge is 0.131 e. The van der Waals surface area contributed by atoms with Crippen molar-refractivity contribution < 1.29 is 9.47 Å². The normalized spacial score (nSPS) is 19.2. The van der Waals surface area contributed by atoms with E-state index in [0.717, 1.165) is 29.2 Å². The molecule has 3 nitrogen and oxygen atoms in total. The number of thiocarbonyl (C=S) groups is 1. The highest BCUT2D eigenvalue weighted by Crippen LogP contribution is 2.30. The molecule has 1 aliphatic heterocycles. The summed E-state index contributed by atoms with van der Waals surface area (Å²) in [7, 11) is 0. The largest absolute Gasteiger partial charge is 0.487 e. The minimum atomic E-state index is 0.111. The molecular weight excluding hydrogens is 254 g/mol. The average molecular weight is 269 g/mol. The van der Waals surface area contributed by atoms with Crippen LogP contribution in [-0.2, 0) is 4.74 Å². The van der Waals surface area contributed by atoms with E-state index < -0.39 is 0 Å². The monoisotopic (exact) mass is 269 g/mol. The van der Waals surface area contributed by atoms with E-state index in [2.05, 4.69) is 0 Å². The first-order valence-electron chi connectivity index (χ1n) is 5.43. The van der Waals surface area contributed by atoms with Gasteiger partial charge in [-0.05, 0) is 18.4 Å². The zero-order chi connectivity index (χ0) is 12.3. The third kappa shape index (κ3) is 2.91. The lowest BCUT2D eigenvalue weighted by Gasteiger charge is -2.16. The van der Waals surface area contributed by atoms with Crippen LogP contribution in [0, 0.1) is 0 Å². The second-order valence-electron chi connectivity index (χ2n) is 3.80. The van der Waals surface area contributed by atoms with Gasteiger partial charge in [-0.15, -0.1) is 11.8 Å². The molecule has 1 aromatic carbocycles. The molecule has 0 aliphatic carbocycles. The molecule has 0 aromatic heterocycles. The summed E-state index contributed by atoms with van der Waals surface area (Å²) in [5.41, 5.74) is 6.61. The highest BCUT2D eigenvalue weighted by Gasteiger charge is 2.20. The minimum Gasteiger partial charge on any atom is -0.487 e. The van der Waals surface area contributed by atoms with Crippen LogP contribution in [0.1, 0.15) is 12.0 Å². The molecule has 1 aromatic rings. The van der Waals surface area contributed by atoms with Gasteiger partial charge in [0, 0.05) is 11.3 Å². The second kappa shape index (κ2) is 5.71. The van der Waals surface area contributed by atoms with Crippen molar-refractivity contribution in [3.05, 3.63) is 23.8 Å². The molecule has 5 heteroatoms. The number of thioether (sulfide) groups is 1. The first kappa shape index (κ1) is 12.7. The summed E-state index contributed by atoms with van der Waals surface area (Å²) in [5.74, 6) is 0.764. The van der Waals surface area contributed by atoms with Crippen molar-refractivity contribution >= 4 is 29.0 Å². The lowest BCUT2D eigenvalue weighted by molar-refractivity contribution is 0.141. The Kier molecular flexibility index (Phi) is 4.25. The Balaban J connectivity index is 2.28. The Labute approximate surface area is 111 Å².